The lowest BCUT2D eigenvalue weighted by Crippen LogP contribution is -2.49. The van der Waals surface area contributed by atoms with Crippen LogP contribution in [0.5, 0.6) is 0 Å². The molecule has 1 aliphatic heterocycles. The monoisotopic (exact) mass is 337 g/mol. The van der Waals surface area contributed by atoms with Gasteiger partial charge in [0.15, 0.2) is 0 Å². The highest BCUT2D eigenvalue weighted by molar-refractivity contribution is 5.77. The molecule has 0 bridgehead atoms. The van der Waals surface area contributed by atoms with E-state index in [-0.39, 0.29) is 11.9 Å². The molecule has 132 valence electrons. The van der Waals surface area contributed by atoms with Gasteiger partial charge in [0.25, 0.3) is 0 Å². The summed E-state index contributed by atoms with van der Waals surface area (Å²) < 4.78 is 0. The molecular formula is C21H27N3O. The van der Waals surface area contributed by atoms with Crippen molar-refractivity contribution in [3.8, 4) is 0 Å². The number of hydrogen-bond acceptors (Lipinski definition) is 3. The molecule has 0 radical (unpaired) electrons. The lowest BCUT2D eigenvalue weighted by molar-refractivity contribution is -0.133. The zero-order valence-electron chi connectivity index (χ0n) is 14.7. The maximum Gasteiger partial charge on any atom is 0.224 e. The van der Waals surface area contributed by atoms with Crippen LogP contribution in [0.2, 0.25) is 0 Å². The molecule has 25 heavy (non-hydrogen) atoms. The second-order valence-electron chi connectivity index (χ2n) is 6.68. The van der Waals surface area contributed by atoms with Crippen LogP contribution in [-0.2, 0) is 11.2 Å². The number of piperazine rings is 1. The summed E-state index contributed by atoms with van der Waals surface area (Å²) in [7, 11) is 0. The van der Waals surface area contributed by atoms with E-state index in [2.05, 4.69) is 29.2 Å². The Balaban J connectivity index is 1.41. The van der Waals surface area contributed by atoms with Gasteiger partial charge in [-0.1, -0.05) is 60.7 Å². The number of carbonyl (C=O) groups is 1. The van der Waals surface area contributed by atoms with E-state index in [1.807, 2.05) is 41.3 Å². The number of nitrogens with zero attached hydrogens (tertiary/aromatic N) is 2. The summed E-state index contributed by atoms with van der Waals surface area (Å²) in [5, 5.41) is 0. The lowest BCUT2D eigenvalue weighted by atomic mass is 10.0. The number of hydrogen-bond donors (Lipinski definition) is 1. The van der Waals surface area contributed by atoms with Crippen LogP contribution >= 0.6 is 0 Å². The molecule has 4 nitrogen and oxygen atoms in total. The van der Waals surface area contributed by atoms with Crippen molar-refractivity contribution in [2.75, 3.05) is 32.7 Å². The molecule has 1 heterocycles. The zero-order valence-corrected chi connectivity index (χ0v) is 14.7. The van der Waals surface area contributed by atoms with Gasteiger partial charge in [0.2, 0.25) is 5.91 Å². The van der Waals surface area contributed by atoms with Crippen LogP contribution in [0.15, 0.2) is 60.7 Å². The van der Waals surface area contributed by atoms with Crippen molar-refractivity contribution in [3.63, 3.8) is 0 Å². The van der Waals surface area contributed by atoms with Crippen LogP contribution in [0, 0.1) is 0 Å². The standard InChI is InChI=1S/C21H27N3O/c22-20(19-9-5-2-6-10-19)17-21(25)24-15-13-23(14-16-24)12-11-18-7-3-1-4-8-18/h1-10,20H,11-17,22H2. The van der Waals surface area contributed by atoms with E-state index in [1.54, 1.807) is 0 Å². The summed E-state index contributed by atoms with van der Waals surface area (Å²) in [6, 6.07) is 20.2. The first kappa shape index (κ1) is 17.6. The normalized spacial score (nSPS) is 16.6. The van der Waals surface area contributed by atoms with E-state index < -0.39 is 0 Å². The third-order valence-electron chi connectivity index (χ3n) is 4.91. The Bertz CT molecular complexity index is 651. The van der Waals surface area contributed by atoms with Gasteiger partial charge in [0.05, 0.1) is 0 Å². The van der Waals surface area contributed by atoms with Crippen molar-refractivity contribution in [3.05, 3.63) is 71.8 Å². The minimum Gasteiger partial charge on any atom is -0.340 e. The molecule has 1 saturated heterocycles. The first-order valence-electron chi connectivity index (χ1n) is 9.07. The topological polar surface area (TPSA) is 49.6 Å². The van der Waals surface area contributed by atoms with E-state index in [4.69, 9.17) is 5.73 Å². The van der Waals surface area contributed by atoms with Crippen molar-refractivity contribution < 1.29 is 4.79 Å². The van der Waals surface area contributed by atoms with Crippen LogP contribution < -0.4 is 5.73 Å². The lowest BCUT2D eigenvalue weighted by Gasteiger charge is -2.35. The maximum atomic E-state index is 12.5. The Labute approximate surface area is 150 Å². The quantitative estimate of drug-likeness (QED) is 0.881. The summed E-state index contributed by atoms with van der Waals surface area (Å²) in [5.41, 5.74) is 8.58. The van der Waals surface area contributed by atoms with Crippen molar-refractivity contribution in [2.24, 2.45) is 5.73 Å². The van der Waals surface area contributed by atoms with Crippen molar-refractivity contribution in [1.82, 2.24) is 9.80 Å². The first-order valence-corrected chi connectivity index (χ1v) is 9.07. The van der Waals surface area contributed by atoms with E-state index in [0.717, 1.165) is 44.7 Å². The van der Waals surface area contributed by atoms with Gasteiger partial charge in [-0.15, -0.1) is 0 Å². The molecular weight excluding hydrogens is 310 g/mol. The van der Waals surface area contributed by atoms with Crippen LogP contribution in [0.4, 0.5) is 0 Å². The van der Waals surface area contributed by atoms with Crippen molar-refractivity contribution >= 4 is 5.91 Å². The molecule has 0 aliphatic carbocycles. The van der Waals surface area contributed by atoms with Gasteiger partial charge in [-0.3, -0.25) is 9.69 Å². The number of amides is 1. The fraction of sp³-hybridized carbons (Fsp3) is 0.381. The molecule has 1 unspecified atom stereocenters. The van der Waals surface area contributed by atoms with E-state index >= 15 is 0 Å². The number of rotatable bonds is 6. The fourth-order valence-electron chi connectivity index (χ4n) is 3.29. The molecule has 1 atom stereocenters. The highest BCUT2D eigenvalue weighted by atomic mass is 16.2. The Hall–Kier alpha value is -2.17. The first-order chi connectivity index (χ1) is 12.2. The number of carbonyl (C=O) groups excluding carboxylic acids is 1. The van der Waals surface area contributed by atoms with Gasteiger partial charge in [0.1, 0.15) is 0 Å². The van der Waals surface area contributed by atoms with Crippen LogP contribution in [-0.4, -0.2) is 48.4 Å². The predicted octanol–water partition coefficient (Wildman–Crippen LogP) is 2.46. The Morgan fingerprint density at radius 1 is 0.920 bits per heavy atom. The summed E-state index contributed by atoms with van der Waals surface area (Å²) in [5.74, 6) is 0.166. The molecule has 3 rings (SSSR count). The van der Waals surface area contributed by atoms with E-state index in [1.165, 1.54) is 5.56 Å². The molecule has 1 fully saturated rings. The predicted molar refractivity (Wildman–Crippen MR) is 101 cm³/mol. The second-order valence-corrected chi connectivity index (χ2v) is 6.68. The molecule has 1 amide bonds. The zero-order chi connectivity index (χ0) is 17.5. The van der Waals surface area contributed by atoms with Gasteiger partial charge >= 0.3 is 0 Å². The van der Waals surface area contributed by atoms with Crippen molar-refractivity contribution in [1.29, 1.82) is 0 Å². The van der Waals surface area contributed by atoms with Gasteiger partial charge in [0, 0.05) is 45.2 Å². The third-order valence-corrected chi connectivity index (χ3v) is 4.91. The molecule has 2 aromatic carbocycles. The second kappa shape index (κ2) is 8.79. The number of benzene rings is 2. The molecule has 0 saturated carbocycles. The average molecular weight is 337 g/mol. The smallest absolute Gasteiger partial charge is 0.224 e. The van der Waals surface area contributed by atoms with Gasteiger partial charge in [-0.05, 0) is 17.5 Å². The van der Waals surface area contributed by atoms with Crippen LogP contribution in [0.3, 0.4) is 0 Å². The molecule has 0 aromatic heterocycles. The van der Waals surface area contributed by atoms with Crippen molar-refractivity contribution in [2.45, 2.75) is 18.9 Å². The molecule has 0 spiro atoms. The fourth-order valence-corrected chi connectivity index (χ4v) is 3.29. The van der Waals surface area contributed by atoms with Gasteiger partial charge in [-0.25, -0.2) is 0 Å². The van der Waals surface area contributed by atoms with E-state index in [9.17, 15) is 4.79 Å². The van der Waals surface area contributed by atoms with Crippen LogP contribution in [0.25, 0.3) is 0 Å². The highest BCUT2D eigenvalue weighted by Crippen LogP contribution is 2.15. The Morgan fingerprint density at radius 2 is 1.52 bits per heavy atom. The maximum absolute atomic E-state index is 12.5. The molecule has 2 aromatic rings. The number of nitrogens with two attached hydrogens (primary N) is 1. The molecule has 2 N–H and O–H groups in total. The Morgan fingerprint density at radius 3 is 2.16 bits per heavy atom. The SMILES string of the molecule is NC(CC(=O)N1CCN(CCc2ccccc2)CC1)c1ccccc1. The minimum absolute atomic E-state index is 0.166. The van der Waals surface area contributed by atoms with Gasteiger partial charge < -0.3 is 10.6 Å². The third kappa shape index (κ3) is 5.15. The molecule has 4 heteroatoms. The van der Waals surface area contributed by atoms with E-state index in [0.29, 0.717) is 6.42 Å². The highest BCUT2D eigenvalue weighted by Gasteiger charge is 2.22. The van der Waals surface area contributed by atoms with Gasteiger partial charge in [-0.2, -0.15) is 0 Å². The summed E-state index contributed by atoms with van der Waals surface area (Å²) in [4.78, 5) is 16.9. The molecule has 1 aliphatic rings. The minimum atomic E-state index is -0.218. The average Bonchev–Trinajstić information content (AvgIpc) is 2.68. The summed E-state index contributed by atoms with van der Waals surface area (Å²) >= 11 is 0. The van der Waals surface area contributed by atoms with Crippen LogP contribution in [0.1, 0.15) is 23.6 Å². The Kier molecular flexibility index (Phi) is 6.20. The summed E-state index contributed by atoms with van der Waals surface area (Å²) in [6.45, 7) is 4.54. The largest absolute Gasteiger partial charge is 0.340 e. The summed E-state index contributed by atoms with van der Waals surface area (Å²) in [6.07, 6.45) is 1.45.